The second-order valence-corrected chi connectivity index (χ2v) is 7.44. The maximum absolute atomic E-state index is 14.5. The molecule has 0 radical (unpaired) electrons. The van der Waals surface area contributed by atoms with Crippen LogP contribution in [-0.2, 0) is 6.11 Å². The van der Waals surface area contributed by atoms with Gasteiger partial charge in [0.2, 0.25) is 0 Å². The van der Waals surface area contributed by atoms with E-state index in [-0.39, 0.29) is 23.3 Å². The smallest absolute Gasteiger partial charge is 0.429 e. The number of benzene rings is 3. The average molecular weight is 478 g/mol. The van der Waals surface area contributed by atoms with Gasteiger partial charge in [0.15, 0.2) is 17.5 Å². The predicted molar refractivity (Wildman–Crippen MR) is 115 cm³/mol. The van der Waals surface area contributed by atoms with Crippen LogP contribution in [0.3, 0.4) is 0 Å². The number of rotatable bonds is 7. The molecule has 0 unspecified atom stereocenters. The van der Waals surface area contributed by atoms with Gasteiger partial charge in [-0.2, -0.15) is 8.78 Å². The lowest BCUT2D eigenvalue weighted by Crippen LogP contribution is -2.24. The fraction of sp³-hybridized carbons (Fsp3) is 0.231. The Bertz CT molecular complexity index is 1200. The molecule has 2 nitrogen and oxygen atoms in total. The molecule has 0 saturated carbocycles. The molecule has 8 heteroatoms. The molecule has 0 N–H and O–H groups in total. The molecule has 0 atom stereocenters. The second-order valence-electron chi connectivity index (χ2n) is 7.44. The van der Waals surface area contributed by atoms with Crippen LogP contribution in [0.2, 0.25) is 0 Å². The lowest BCUT2D eigenvalue weighted by molar-refractivity contribution is -0.187. The fourth-order valence-corrected chi connectivity index (χ4v) is 2.94. The van der Waals surface area contributed by atoms with E-state index in [2.05, 4.69) is 23.5 Å². The number of unbranched alkanes of at least 4 members (excludes halogenated alkanes) is 1. The van der Waals surface area contributed by atoms with Gasteiger partial charge in [-0.3, -0.25) is 0 Å². The van der Waals surface area contributed by atoms with E-state index >= 15 is 0 Å². The summed E-state index contributed by atoms with van der Waals surface area (Å²) in [7, 11) is 0. The molecule has 0 amide bonds. The lowest BCUT2D eigenvalue weighted by atomic mass is 10.0. The molecule has 0 aliphatic rings. The minimum atomic E-state index is -4.29. The van der Waals surface area contributed by atoms with Gasteiger partial charge in [-0.1, -0.05) is 25.2 Å². The summed E-state index contributed by atoms with van der Waals surface area (Å²) in [5.74, 6) is -1.34. The first-order valence-corrected chi connectivity index (χ1v) is 10.4. The first-order chi connectivity index (χ1) is 16.1. The predicted octanol–water partition coefficient (Wildman–Crippen LogP) is 7.26. The van der Waals surface area contributed by atoms with Gasteiger partial charge in [-0.15, -0.1) is 0 Å². The highest BCUT2D eigenvalue weighted by Crippen LogP contribution is 2.35. The molecule has 0 fully saturated rings. The van der Waals surface area contributed by atoms with Crippen molar-refractivity contribution < 1.29 is 35.8 Å². The SMILES string of the molecule is CCCCOc1ccc(C#Cc2cc(F)c(C(F)(F)Oc3cc(F)c(F)c(F)c3)cc2C)cc1. The molecule has 3 aromatic rings. The molecule has 3 aromatic carbocycles. The van der Waals surface area contributed by atoms with Gasteiger partial charge in [-0.25, -0.2) is 17.6 Å². The Morgan fingerprint density at radius 3 is 2.09 bits per heavy atom. The van der Waals surface area contributed by atoms with Crippen molar-refractivity contribution in [3.8, 4) is 23.3 Å². The van der Waals surface area contributed by atoms with Gasteiger partial charge in [0.25, 0.3) is 0 Å². The zero-order valence-corrected chi connectivity index (χ0v) is 18.3. The molecule has 0 heterocycles. The van der Waals surface area contributed by atoms with E-state index in [0.29, 0.717) is 17.9 Å². The standard InChI is InChI=1S/C26H20F6O2/c1-3-4-11-33-19-9-6-17(7-10-19)5-8-18-13-22(27)21(12-16(18)2)26(31,32)34-20-14-23(28)25(30)24(29)15-20/h6-7,9-10,12-15H,3-4,11H2,1-2H3. The lowest BCUT2D eigenvalue weighted by Gasteiger charge is -2.20. The van der Waals surface area contributed by atoms with E-state index in [0.717, 1.165) is 25.0 Å². The van der Waals surface area contributed by atoms with Crippen molar-refractivity contribution in [2.45, 2.75) is 32.8 Å². The third-order valence-corrected chi connectivity index (χ3v) is 4.79. The first-order valence-electron chi connectivity index (χ1n) is 10.4. The molecule has 0 aromatic heterocycles. The molecule has 34 heavy (non-hydrogen) atoms. The third kappa shape index (κ3) is 6.04. The van der Waals surface area contributed by atoms with Crippen molar-refractivity contribution in [1.82, 2.24) is 0 Å². The molecule has 0 aliphatic carbocycles. The van der Waals surface area contributed by atoms with Crippen molar-refractivity contribution in [3.63, 3.8) is 0 Å². The number of halogens is 6. The van der Waals surface area contributed by atoms with E-state index in [1.165, 1.54) is 6.92 Å². The Labute approximate surface area is 193 Å². The molecule has 178 valence electrons. The zero-order chi connectivity index (χ0) is 24.9. The van der Waals surface area contributed by atoms with E-state index < -0.39 is 40.7 Å². The molecule has 0 bridgehead atoms. The van der Waals surface area contributed by atoms with Crippen molar-refractivity contribution in [2.24, 2.45) is 0 Å². The van der Waals surface area contributed by atoms with Gasteiger partial charge < -0.3 is 9.47 Å². The van der Waals surface area contributed by atoms with E-state index in [9.17, 15) is 26.3 Å². The van der Waals surface area contributed by atoms with Crippen LogP contribution < -0.4 is 9.47 Å². The monoisotopic (exact) mass is 478 g/mol. The Kier molecular flexibility index (Phi) is 7.77. The topological polar surface area (TPSA) is 18.5 Å². The van der Waals surface area contributed by atoms with Crippen LogP contribution in [0.25, 0.3) is 0 Å². The van der Waals surface area contributed by atoms with Crippen LogP contribution in [0.1, 0.15) is 42.0 Å². The summed E-state index contributed by atoms with van der Waals surface area (Å²) in [5, 5.41) is 0. The minimum absolute atomic E-state index is 0.166. The summed E-state index contributed by atoms with van der Waals surface area (Å²) in [4.78, 5) is 0. The quantitative estimate of drug-likeness (QED) is 0.154. The number of hydrogen-bond donors (Lipinski definition) is 0. The highest BCUT2D eigenvalue weighted by molar-refractivity contribution is 5.49. The maximum Gasteiger partial charge on any atom is 0.429 e. The fourth-order valence-electron chi connectivity index (χ4n) is 2.94. The first kappa shape index (κ1) is 25.0. The third-order valence-electron chi connectivity index (χ3n) is 4.79. The maximum atomic E-state index is 14.5. The zero-order valence-electron chi connectivity index (χ0n) is 18.3. The van der Waals surface area contributed by atoms with Crippen LogP contribution >= 0.6 is 0 Å². The van der Waals surface area contributed by atoms with Gasteiger partial charge in [0.05, 0.1) is 6.61 Å². The molecular weight excluding hydrogens is 458 g/mol. The summed E-state index contributed by atoms with van der Waals surface area (Å²) < 4.78 is 93.1. The molecule has 3 rings (SSSR count). The average Bonchev–Trinajstić information content (AvgIpc) is 2.78. The Morgan fingerprint density at radius 2 is 1.47 bits per heavy atom. The number of hydrogen-bond acceptors (Lipinski definition) is 2. The summed E-state index contributed by atoms with van der Waals surface area (Å²) >= 11 is 0. The van der Waals surface area contributed by atoms with Crippen molar-refractivity contribution >= 4 is 0 Å². The van der Waals surface area contributed by atoms with Crippen molar-refractivity contribution in [2.75, 3.05) is 6.61 Å². The Hall–Kier alpha value is -3.60. The van der Waals surface area contributed by atoms with Crippen molar-refractivity contribution in [1.29, 1.82) is 0 Å². The molecule has 0 spiro atoms. The Balaban J connectivity index is 1.80. The summed E-state index contributed by atoms with van der Waals surface area (Å²) in [6.07, 6.45) is -2.34. The highest BCUT2D eigenvalue weighted by atomic mass is 19.3. The van der Waals surface area contributed by atoms with Gasteiger partial charge in [0, 0.05) is 23.3 Å². The van der Waals surface area contributed by atoms with Crippen molar-refractivity contribution in [3.05, 3.63) is 94.1 Å². The van der Waals surface area contributed by atoms with Crippen LogP contribution in [0.4, 0.5) is 26.3 Å². The Morgan fingerprint density at radius 1 is 0.824 bits per heavy atom. The number of alkyl halides is 2. The second kappa shape index (κ2) is 10.6. The van der Waals surface area contributed by atoms with E-state index in [1.54, 1.807) is 24.3 Å². The van der Waals surface area contributed by atoms with Gasteiger partial charge >= 0.3 is 6.11 Å². The van der Waals surface area contributed by atoms with Crippen LogP contribution in [0.15, 0.2) is 48.5 Å². The molecule has 0 saturated heterocycles. The highest BCUT2D eigenvalue weighted by Gasteiger charge is 2.38. The van der Waals surface area contributed by atoms with Crippen LogP contribution in [-0.4, -0.2) is 6.61 Å². The van der Waals surface area contributed by atoms with Crippen LogP contribution in [0.5, 0.6) is 11.5 Å². The molecular formula is C26H20F6O2. The molecule has 0 aliphatic heterocycles. The normalized spacial score (nSPS) is 11.1. The summed E-state index contributed by atoms with van der Waals surface area (Å²) in [5.41, 5.74) is -0.155. The summed E-state index contributed by atoms with van der Waals surface area (Å²) in [6.45, 7) is 4.11. The van der Waals surface area contributed by atoms with Crippen LogP contribution in [0, 0.1) is 42.0 Å². The van der Waals surface area contributed by atoms with E-state index in [1.807, 2.05) is 0 Å². The van der Waals surface area contributed by atoms with E-state index in [4.69, 9.17) is 4.74 Å². The number of ether oxygens (including phenoxy) is 2. The summed E-state index contributed by atoms with van der Waals surface area (Å²) in [6, 6.07) is 9.08. The minimum Gasteiger partial charge on any atom is -0.494 e. The number of aryl methyl sites for hydroxylation is 1. The van der Waals surface area contributed by atoms with Gasteiger partial charge in [-0.05, 0) is 55.3 Å². The largest absolute Gasteiger partial charge is 0.494 e. The van der Waals surface area contributed by atoms with Gasteiger partial charge in [0.1, 0.15) is 22.9 Å².